The first-order valence-electron chi connectivity index (χ1n) is 8.22. The molecule has 2 aliphatic heterocycles. The molecule has 1 N–H and O–H groups in total. The van der Waals surface area contributed by atoms with E-state index >= 15 is 0 Å². The van der Waals surface area contributed by atoms with Crippen molar-refractivity contribution in [3.8, 4) is 0 Å². The van der Waals surface area contributed by atoms with Crippen LogP contribution in [0.4, 0.5) is 11.9 Å². The van der Waals surface area contributed by atoms with E-state index in [4.69, 9.17) is 4.74 Å². The van der Waals surface area contributed by atoms with Gasteiger partial charge in [0, 0.05) is 25.6 Å². The summed E-state index contributed by atoms with van der Waals surface area (Å²) >= 11 is 0. The quantitative estimate of drug-likeness (QED) is 0.891. The third-order valence-corrected chi connectivity index (χ3v) is 4.38. The number of aryl methyl sites for hydroxylation is 1. The molecule has 3 aliphatic rings. The number of fused-ring (bicyclic) bond motifs is 2. The Morgan fingerprint density at radius 2 is 1.86 bits per heavy atom. The lowest BCUT2D eigenvalue weighted by Gasteiger charge is -2.32. The van der Waals surface area contributed by atoms with Gasteiger partial charge in [-0.3, -0.25) is 0 Å². The summed E-state index contributed by atoms with van der Waals surface area (Å²) in [6.07, 6.45) is 7.47. The molecule has 2 atom stereocenters. The molecule has 0 aromatic carbocycles. The summed E-state index contributed by atoms with van der Waals surface area (Å²) in [5.41, 5.74) is 0. The second-order valence-corrected chi connectivity index (χ2v) is 6.41. The highest BCUT2D eigenvalue weighted by molar-refractivity contribution is 5.39. The molecule has 114 valence electrons. The summed E-state index contributed by atoms with van der Waals surface area (Å²) in [7, 11) is 0. The van der Waals surface area contributed by atoms with Gasteiger partial charge in [0.1, 0.15) is 5.82 Å². The van der Waals surface area contributed by atoms with Gasteiger partial charge in [-0.2, -0.15) is 15.0 Å². The van der Waals surface area contributed by atoms with E-state index in [0.29, 0.717) is 18.2 Å². The van der Waals surface area contributed by atoms with Crippen molar-refractivity contribution in [3.05, 3.63) is 5.82 Å². The van der Waals surface area contributed by atoms with Crippen molar-refractivity contribution in [1.29, 1.82) is 0 Å². The molecule has 21 heavy (non-hydrogen) atoms. The molecule has 1 aliphatic carbocycles. The Bertz CT molecular complexity index is 507. The van der Waals surface area contributed by atoms with E-state index in [0.717, 1.165) is 43.7 Å². The van der Waals surface area contributed by atoms with Gasteiger partial charge in [-0.15, -0.1) is 0 Å². The summed E-state index contributed by atoms with van der Waals surface area (Å²) in [4.78, 5) is 16.2. The summed E-state index contributed by atoms with van der Waals surface area (Å²) < 4.78 is 5.90. The van der Waals surface area contributed by atoms with Gasteiger partial charge >= 0.3 is 0 Å². The second-order valence-electron chi connectivity index (χ2n) is 6.41. The fraction of sp³-hybridized carbons (Fsp3) is 0.800. The Morgan fingerprint density at radius 3 is 2.52 bits per heavy atom. The topological polar surface area (TPSA) is 63.2 Å². The number of nitrogens with zero attached hydrogens (tertiary/aromatic N) is 4. The lowest BCUT2D eigenvalue weighted by molar-refractivity contribution is 0.0299. The van der Waals surface area contributed by atoms with Gasteiger partial charge in [0.05, 0.1) is 12.2 Å². The molecule has 2 unspecified atom stereocenters. The van der Waals surface area contributed by atoms with Crippen molar-refractivity contribution in [2.75, 3.05) is 23.3 Å². The minimum atomic E-state index is 0.356. The molecule has 1 aromatic heterocycles. The van der Waals surface area contributed by atoms with Crippen LogP contribution in [-0.4, -0.2) is 46.3 Å². The number of rotatable bonds is 5. The van der Waals surface area contributed by atoms with Crippen LogP contribution in [0.15, 0.2) is 0 Å². The predicted octanol–water partition coefficient (Wildman–Crippen LogP) is 1.77. The largest absolute Gasteiger partial charge is 0.371 e. The highest BCUT2D eigenvalue weighted by atomic mass is 16.5. The lowest BCUT2D eigenvalue weighted by Crippen LogP contribution is -2.43. The normalized spacial score (nSPS) is 28.0. The third kappa shape index (κ3) is 2.95. The maximum Gasteiger partial charge on any atom is 0.230 e. The third-order valence-electron chi connectivity index (χ3n) is 4.38. The highest BCUT2D eigenvalue weighted by Crippen LogP contribution is 2.29. The Hall–Kier alpha value is -1.43. The fourth-order valence-corrected chi connectivity index (χ4v) is 3.14. The molecule has 2 saturated heterocycles. The van der Waals surface area contributed by atoms with Crippen molar-refractivity contribution in [1.82, 2.24) is 15.0 Å². The number of ether oxygens (including phenoxy) is 1. The van der Waals surface area contributed by atoms with Crippen molar-refractivity contribution < 1.29 is 4.74 Å². The van der Waals surface area contributed by atoms with Crippen molar-refractivity contribution in [2.24, 2.45) is 0 Å². The van der Waals surface area contributed by atoms with Crippen LogP contribution in [0.2, 0.25) is 0 Å². The Morgan fingerprint density at radius 1 is 1.10 bits per heavy atom. The van der Waals surface area contributed by atoms with E-state index in [1.165, 1.54) is 25.7 Å². The van der Waals surface area contributed by atoms with Gasteiger partial charge < -0.3 is 15.0 Å². The van der Waals surface area contributed by atoms with Crippen LogP contribution in [0.5, 0.6) is 0 Å². The molecule has 6 heteroatoms. The molecule has 0 spiro atoms. The summed E-state index contributed by atoms with van der Waals surface area (Å²) in [5, 5.41) is 3.41. The van der Waals surface area contributed by atoms with Crippen LogP contribution < -0.4 is 10.2 Å². The average molecular weight is 289 g/mol. The van der Waals surface area contributed by atoms with E-state index in [9.17, 15) is 0 Å². The Labute approximate surface area is 125 Å². The van der Waals surface area contributed by atoms with Crippen LogP contribution in [0.1, 0.15) is 44.9 Å². The van der Waals surface area contributed by atoms with E-state index < -0.39 is 0 Å². The maximum absolute atomic E-state index is 5.90. The minimum Gasteiger partial charge on any atom is -0.371 e. The molecule has 3 fully saturated rings. The van der Waals surface area contributed by atoms with Gasteiger partial charge in [0.2, 0.25) is 11.9 Å². The first kappa shape index (κ1) is 13.2. The zero-order valence-corrected chi connectivity index (χ0v) is 12.6. The van der Waals surface area contributed by atoms with E-state index in [1.54, 1.807) is 0 Å². The van der Waals surface area contributed by atoms with Crippen LogP contribution in [0.3, 0.4) is 0 Å². The van der Waals surface area contributed by atoms with Gasteiger partial charge in [-0.1, -0.05) is 6.92 Å². The van der Waals surface area contributed by atoms with E-state index in [2.05, 4.69) is 32.1 Å². The molecule has 0 radical (unpaired) electrons. The second kappa shape index (κ2) is 5.40. The Balaban J connectivity index is 1.58. The molecule has 1 saturated carbocycles. The number of anilines is 2. The zero-order valence-electron chi connectivity index (χ0n) is 12.6. The van der Waals surface area contributed by atoms with Gasteiger partial charge in [-0.05, 0) is 32.1 Å². The number of nitrogens with one attached hydrogen (secondary N) is 1. The number of hydrogen-bond acceptors (Lipinski definition) is 6. The summed E-state index contributed by atoms with van der Waals surface area (Å²) in [6, 6.07) is 0.565. The first-order chi connectivity index (χ1) is 10.3. The van der Waals surface area contributed by atoms with Crippen LogP contribution >= 0.6 is 0 Å². The van der Waals surface area contributed by atoms with Crippen molar-refractivity contribution >= 4 is 11.9 Å². The average Bonchev–Trinajstić information content (AvgIpc) is 3.23. The van der Waals surface area contributed by atoms with Crippen molar-refractivity contribution in [2.45, 2.75) is 63.7 Å². The molecule has 4 rings (SSSR count). The fourth-order valence-electron chi connectivity index (χ4n) is 3.14. The number of hydrogen-bond donors (Lipinski definition) is 1. The van der Waals surface area contributed by atoms with Crippen LogP contribution in [-0.2, 0) is 11.2 Å². The van der Waals surface area contributed by atoms with Gasteiger partial charge in [0.25, 0.3) is 0 Å². The SMILES string of the molecule is CCCc1nc(NC2CC2)nc(N2CC3CCC(C2)O3)n1. The standard InChI is InChI=1S/C15H23N5O/c1-2-3-13-17-14(16-10-4-5-10)19-15(18-13)20-8-11-6-7-12(9-20)21-11/h10-12H,2-9H2,1H3,(H,16,17,18,19). The van der Waals surface area contributed by atoms with E-state index in [1.807, 2.05) is 0 Å². The molecule has 1 aromatic rings. The maximum atomic E-state index is 5.90. The molecule has 6 nitrogen and oxygen atoms in total. The number of morpholine rings is 1. The zero-order chi connectivity index (χ0) is 14.2. The minimum absolute atomic E-state index is 0.356. The monoisotopic (exact) mass is 289 g/mol. The van der Waals surface area contributed by atoms with Gasteiger partial charge in [0.15, 0.2) is 0 Å². The smallest absolute Gasteiger partial charge is 0.230 e. The number of aromatic nitrogens is 3. The van der Waals surface area contributed by atoms with Crippen molar-refractivity contribution in [3.63, 3.8) is 0 Å². The molecule has 0 amide bonds. The predicted molar refractivity (Wildman–Crippen MR) is 80.6 cm³/mol. The lowest BCUT2D eigenvalue weighted by atomic mass is 10.2. The molecular formula is C15H23N5O. The molecular weight excluding hydrogens is 266 g/mol. The Kier molecular flexibility index (Phi) is 3.41. The van der Waals surface area contributed by atoms with E-state index in [-0.39, 0.29) is 0 Å². The first-order valence-corrected chi connectivity index (χ1v) is 8.22. The van der Waals surface area contributed by atoms with Gasteiger partial charge in [-0.25, -0.2) is 0 Å². The van der Waals surface area contributed by atoms with Crippen LogP contribution in [0, 0.1) is 0 Å². The molecule has 3 heterocycles. The summed E-state index contributed by atoms with van der Waals surface area (Å²) in [5.74, 6) is 2.49. The summed E-state index contributed by atoms with van der Waals surface area (Å²) in [6.45, 7) is 3.98. The highest BCUT2D eigenvalue weighted by Gasteiger charge is 2.35. The molecule has 2 bridgehead atoms. The van der Waals surface area contributed by atoms with Crippen LogP contribution in [0.25, 0.3) is 0 Å².